The Hall–Kier alpha value is -2.66. The number of nitrogens with one attached hydrogen (secondary N) is 2. The van der Waals surface area contributed by atoms with Gasteiger partial charge in [-0.25, -0.2) is 0 Å². The summed E-state index contributed by atoms with van der Waals surface area (Å²) >= 11 is 0. The van der Waals surface area contributed by atoms with Gasteiger partial charge in [-0.1, -0.05) is 42.5 Å². The maximum Gasteiger partial charge on any atom is 0.253 e. The summed E-state index contributed by atoms with van der Waals surface area (Å²) in [6.45, 7) is 4.02. The third-order valence-electron chi connectivity index (χ3n) is 5.41. The molecule has 0 aromatic heterocycles. The van der Waals surface area contributed by atoms with Crippen molar-refractivity contribution in [1.29, 1.82) is 0 Å². The molecule has 5 heteroatoms. The maximum absolute atomic E-state index is 12.8. The summed E-state index contributed by atoms with van der Waals surface area (Å²) in [5.74, 6) is 0.202. The number of benzene rings is 2. The fraction of sp³-hybridized carbons (Fsp3) is 0.391. The lowest BCUT2D eigenvalue weighted by Gasteiger charge is -2.28. The minimum atomic E-state index is -0.188. The predicted molar refractivity (Wildman–Crippen MR) is 112 cm³/mol. The second-order valence-corrected chi connectivity index (χ2v) is 7.65. The molecule has 2 N–H and O–H groups in total. The van der Waals surface area contributed by atoms with Crippen LogP contribution in [0, 0.1) is 5.92 Å². The third kappa shape index (κ3) is 5.42. The predicted octanol–water partition coefficient (Wildman–Crippen LogP) is 3.85. The number of piperidine rings is 1. The number of para-hydroxylation sites is 1. The van der Waals surface area contributed by atoms with Gasteiger partial charge in [-0.15, -0.1) is 0 Å². The van der Waals surface area contributed by atoms with Crippen molar-refractivity contribution in [2.75, 3.05) is 25.5 Å². The highest BCUT2D eigenvalue weighted by molar-refractivity contribution is 6.03. The van der Waals surface area contributed by atoms with Gasteiger partial charge >= 0.3 is 0 Å². The van der Waals surface area contributed by atoms with Gasteiger partial charge in [0.15, 0.2) is 0 Å². The lowest BCUT2D eigenvalue weighted by molar-refractivity contribution is -0.117. The number of anilines is 1. The molecule has 3 rings (SSSR count). The van der Waals surface area contributed by atoms with E-state index in [0.29, 0.717) is 23.6 Å². The molecule has 0 spiro atoms. The van der Waals surface area contributed by atoms with Gasteiger partial charge in [-0.05, 0) is 63.5 Å². The van der Waals surface area contributed by atoms with Crippen molar-refractivity contribution < 1.29 is 9.59 Å². The number of likely N-dealkylation sites (tertiary alicyclic amines) is 1. The van der Waals surface area contributed by atoms with Crippen LogP contribution in [0.15, 0.2) is 54.6 Å². The van der Waals surface area contributed by atoms with Crippen molar-refractivity contribution in [2.45, 2.75) is 32.2 Å². The van der Waals surface area contributed by atoms with E-state index >= 15 is 0 Å². The first-order valence-electron chi connectivity index (χ1n) is 9.96. The molecule has 1 saturated heterocycles. The Balaban J connectivity index is 1.62. The van der Waals surface area contributed by atoms with Crippen LogP contribution in [0.4, 0.5) is 5.69 Å². The zero-order valence-corrected chi connectivity index (χ0v) is 16.7. The number of carbonyl (C=O) groups is 2. The first kappa shape index (κ1) is 20.1. The summed E-state index contributed by atoms with van der Waals surface area (Å²) in [6.07, 6.45) is 2.59. The standard InChI is InChI=1S/C23H29N3O2/c1-17(19-8-4-3-5-9-19)24-23(28)20-10-6-7-11-21(20)25-22(27)16-18-12-14-26(2)15-13-18/h3-11,17-18H,12-16H2,1-2H3,(H,24,28)(H,25,27). The monoisotopic (exact) mass is 379 g/mol. The topological polar surface area (TPSA) is 61.4 Å². The number of hydrogen-bond acceptors (Lipinski definition) is 3. The smallest absolute Gasteiger partial charge is 0.253 e. The summed E-state index contributed by atoms with van der Waals surface area (Å²) in [7, 11) is 2.11. The molecule has 1 aliphatic rings. The van der Waals surface area contributed by atoms with E-state index in [2.05, 4.69) is 22.6 Å². The molecule has 1 fully saturated rings. The Bertz CT molecular complexity index is 799. The number of nitrogens with zero attached hydrogens (tertiary/aromatic N) is 1. The molecule has 5 nitrogen and oxygen atoms in total. The highest BCUT2D eigenvalue weighted by Crippen LogP contribution is 2.22. The molecule has 2 aromatic rings. The van der Waals surface area contributed by atoms with E-state index in [-0.39, 0.29) is 17.9 Å². The van der Waals surface area contributed by atoms with Gasteiger partial charge < -0.3 is 15.5 Å². The minimum Gasteiger partial charge on any atom is -0.345 e. The zero-order chi connectivity index (χ0) is 19.9. The molecule has 0 saturated carbocycles. The Labute approximate surface area is 167 Å². The van der Waals surface area contributed by atoms with Crippen LogP contribution in [-0.4, -0.2) is 36.9 Å². The molecular weight excluding hydrogens is 350 g/mol. The van der Waals surface area contributed by atoms with E-state index in [9.17, 15) is 9.59 Å². The fourth-order valence-corrected chi connectivity index (χ4v) is 3.62. The molecule has 1 atom stereocenters. The van der Waals surface area contributed by atoms with Crippen LogP contribution >= 0.6 is 0 Å². The quantitative estimate of drug-likeness (QED) is 0.801. The Morgan fingerprint density at radius 2 is 1.68 bits per heavy atom. The molecule has 0 bridgehead atoms. The number of rotatable bonds is 6. The Kier molecular flexibility index (Phi) is 6.82. The van der Waals surface area contributed by atoms with Crippen LogP contribution in [0.5, 0.6) is 0 Å². The van der Waals surface area contributed by atoms with Gasteiger partial charge in [0, 0.05) is 6.42 Å². The number of hydrogen-bond donors (Lipinski definition) is 2. The average molecular weight is 380 g/mol. The molecule has 0 aliphatic carbocycles. The molecule has 1 aliphatic heterocycles. The molecule has 2 amide bonds. The summed E-state index contributed by atoms with van der Waals surface area (Å²) in [5, 5.41) is 5.97. The molecule has 28 heavy (non-hydrogen) atoms. The first-order valence-corrected chi connectivity index (χ1v) is 9.96. The summed E-state index contributed by atoms with van der Waals surface area (Å²) in [5.41, 5.74) is 2.10. The van der Waals surface area contributed by atoms with E-state index in [1.54, 1.807) is 12.1 Å². The lowest BCUT2D eigenvalue weighted by Crippen LogP contribution is -2.32. The van der Waals surface area contributed by atoms with Crippen molar-refractivity contribution in [3.63, 3.8) is 0 Å². The van der Waals surface area contributed by atoms with E-state index < -0.39 is 0 Å². The molecule has 1 heterocycles. The van der Waals surface area contributed by atoms with Gasteiger partial charge in [0.2, 0.25) is 5.91 Å². The summed E-state index contributed by atoms with van der Waals surface area (Å²) in [6, 6.07) is 16.9. The van der Waals surface area contributed by atoms with Crippen LogP contribution in [0.1, 0.15) is 48.1 Å². The van der Waals surface area contributed by atoms with Gasteiger partial charge in [-0.3, -0.25) is 9.59 Å². The average Bonchev–Trinajstić information content (AvgIpc) is 2.70. The normalized spacial score (nSPS) is 16.4. The molecule has 2 aromatic carbocycles. The van der Waals surface area contributed by atoms with Gasteiger partial charge in [-0.2, -0.15) is 0 Å². The minimum absolute atomic E-state index is 0.0223. The zero-order valence-electron chi connectivity index (χ0n) is 16.7. The molecular formula is C23H29N3O2. The Morgan fingerprint density at radius 1 is 1.04 bits per heavy atom. The van der Waals surface area contributed by atoms with E-state index in [1.807, 2.05) is 49.4 Å². The van der Waals surface area contributed by atoms with Crippen LogP contribution in [0.2, 0.25) is 0 Å². The maximum atomic E-state index is 12.8. The first-order chi connectivity index (χ1) is 13.5. The fourth-order valence-electron chi connectivity index (χ4n) is 3.62. The SMILES string of the molecule is CC(NC(=O)c1ccccc1NC(=O)CC1CCN(C)CC1)c1ccccc1. The second kappa shape index (κ2) is 9.51. The summed E-state index contributed by atoms with van der Waals surface area (Å²) in [4.78, 5) is 27.6. The Morgan fingerprint density at radius 3 is 2.39 bits per heavy atom. The number of carbonyl (C=O) groups excluding carboxylic acids is 2. The van der Waals surface area contributed by atoms with Crippen LogP contribution in [0.3, 0.4) is 0 Å². The van der Waals surface area contributed by atoms with Crippen molar-refractivity contribution in [3.05, 3.63) is 65.7 Å². The summed E-state index contributed by atoms with van der Waals surface area (Å²) < 4.78 is 0. The van der Waals surface area contributed by atoms with Crippen molar-refractivity contribution >= 4 is 17.5 Å². The van der Waals surface area contributed by atoms with Crippen molar-refractivity contribution in [1.82, 2.24) is 10.2 Å². The van der Waals surface area contributed by atoms with Crippen LogP contribution in [-0.2, 0) is 4.79 Å². The van der Waals surface area contributed by atoms with E-state index in [4.69, 9.17) is 0 Å². The second-order valence-electron chi connectivity index (χ2n) is 7.65. The highest BCUT2D eigenvalue weighted by Gasteiger charge is 2.21. The lowest BCUT2D eigenvalue weighted by atomic mass is 9.93. The largest absolute Gasteiger partial charge is 0.345 e. The van der Waals surface area contributed by atoms with Crippen molar-refractivity contribution in [3.8, 4) is 0 Å². The van der Waals surface area contributed by atoms with E-state index in [0.717, 1.165) is 31.5 Å². The molecule has 148 valence electrons. The third-order valence-corrected chi connectivity index (χ3v) is 5.41. The van der Waals surface area contributed by atoms with Gasteiger partial charge in [0.05, 0.1) is 17.3 Å². The van der Waals surface area contributed by atoms with Gasteiger partial charge in [0.1, 0.15) is 0 Å². The highest BCUT2D eigenvalue weighted by atomic mass is 16.2. The van der Waals surface area contributed by atoms with Gasteiger partial charge in [0.25, 0.3) is 5.91 Å². The number of amides is 2. The molecule has 0 radical (unpaired) electrons. The van der Waals surface area contributed by atoms with E-state index in [1.165, 1.54) is 0 Å². The molecule has 1 unspecified atom stereocenters. The van der Waals surface area contributed by atoms with Crippen LogP contribution in [0.25, 0.3) is 0 Å². The van der Waals surface area contributed by atoms with Crippen molar-refractivity contribution in [2.24, 2.45) is 5.92 Å². The van der Waals surface area contributed by atoms with Crippen LogP contribution < -0.4 is 10.6 Å².